The minimum Gasteiger partial charge on any atom is -0.0723 e. The average molecular weight is 119 g/mol. The van der Waals surface area contributed by atoms with Gasteiger partial charge in [0.2, 0.25) is 0 Å². The largest absolute Gasteiger partial charge is 0.0723 e. The average Bonchev–Trinajstić information content (AvgIpc) is 2.33. The molecule has 0 heteroatoms. The maximum absolute atomic E-state index is 3.31. The maximum atomic E-state index is 3.31. The summed E-state index contributed by atoms with van der Waals surface area (Å²) >= 11 is 0. The van der Waals surface area contributed by atoms with E-state index in [0.717, 1.165) is 0 Å². The summed E-state index contributed by atoms with van der Waals surface area (Å²) < 4.78 is 0. The van der Waals surface area contributed by atoms with Crippen LogP contribution < -0.4 is 0 Å². The molecule has 0 unspecified atom stereocenters. The fourth-order valence-electron chi connectivity index (χ4n) is 1.66. The lowest BCUT2D eigenvalue weighted by atomic mass is 9.94. The Balaban J connectivity index is 2.24. The second-order valence-corrected chi connectivity index (χ2v) is 2.84. The third-order valence-electron chi connectivity index (χ3n) is 2.21. The standard InChI is InChI=1S/C9H11/c1-2-5-9-7-3-6-8(9)4-1/h3H,1-2,4-6H2. The van der Waals surface area contributed by atoms with Crippen LogP contribution in [0.4, 0.5) is 0 Å². The van der Waals surface area contributed by atoms with Crippen molar-refractivity contribution in [2.24, 2.45) is 0 Å². The molecule has 0 aliphatic heterocycles. The molecule has 0 aromatic rings. The molecule has 0 N–H and O–H groups in total. The smallest absolute Gasteiger partial charge is 0.0123 e. The summed E-state index contributed by atoms with van der Waals surface area (Å²) in [4.78, 5) is 0. The summed E-state index contributed by atoms with van der Waals surface area (Å²) in [5, 5.41) is 0. The van der Waals surface area contributed by atoms with Crippen LogP contribution >= 0.6 is 0 Å². The summed E-state index contributed by atoms with van der Waals surface area (Å²) in [5.74, 6) is 0. The Kier molecular flexibility index (Phi) is 1.18. The van der Waals surface area contributed by atoms with Gasteiger partial charge in [0.25, 0.3) is 0 Å². The van der Waals surface area contributed by atoms with Crippen molar-refractivity contribution >= 4 is 0 Å². The quantitative estimate of drug-likeness (QED) is 0.460. The summed E-state index contributed by atoms with van der Waals surface area (Å²) in [6.45, 7) is 0. The molecule has 0 saturated heterocycles. The molecule has 0 fully saturated rings. The van der Waals surface area contributed by atoms with E-state index in [1.807, 2.05) is 0 Å². The minimum atomic E-state index is 1.20. The lowest BCUT2D eigenvalue weighted by Crippen LogP contribution is -1.93. The van der Waals surface area contributed by atoms with E-state index in [4.69, 9.17) is 0 Å². The van der Waals surface area contributed by atoms with Crippen LogP contribution in [0, 0.1) is 6.08 Å². The molecule has 0 amide bonds. The van der Waals surface area contributed by atoms with E-state index in [2.05, 4.69) is 12.2 Å². The van der Waals surface area contributed by atoms with E-state index in [1.54, 1.807) is 5.57 Å². The van der Waals surface area contributed by atoms with Gasteiger partial charge in [0.1, 0.15) is 0 Å². The molecule has 0 spiro atoms. The van der Waals surface area contributed by atoms with Gasteiger partial charge in [0, 0.05) is 0 Å². The zero-order chi connectivity index (χ0) is 6.10. The van der Waals surface area contributed by atoms with Crippen molar-refractivity contribution < 1.29 is 0 Å². The van der Waals surface area contributed by atoms with E-state index in [-0.39, 0.29) is 0 Å². The number of hydrogen-bond acceptors (Lipinski definition) is 0. The zero-order valence-electron chi connectivity index (χ0n) is 5.61. The van der Waals surface area contributed by atoms with E-state index in [1.165, 1.54) is 37.7 Å². The monoisotopic (exact) mass is 119 g/mol. The second-order valence-electron chi connectivity index (χ2n) is 2.84. The van der Waals surface area contributed by atoms with Gasteiger partial charge in [-0.1, -0.05) is 11.6 Å². The normalized spacial score (nSPS) is 24.9. The number of hydrogen-bond donors (Lipinski definition) is 0. The Labute approximate surface area is 56.3 Å². The molecule has 0 atom stereocenters. The first-order valence-corrected chi connectivity index (χ1v) is 3.76. The van der Waals surface area contributed by atoms with Crippen molar-refractivity contribution in [3.63, 3.8) is 0 Å². The van der Waals surface area contributed by atoms with E-state index in [0.29, 0.717) is 0 Å². The molecule has 47 valence electrons. The van der Waals surface area contributed by atoms with Crippen molar-refractivity contribution in [3.8, 4) is 0 Å². The Morgan fingerprint density at radius 3 is 3.00 bits per heavy atom. The van der Waals surface area contributed by atoms with Crippen LogP contribution in [-0.4, -0.2) is 0 Å². The van der Waals surface area contributed by atoms with Gasteiger partial charge in [-0.05, 0) is 43.8 Å². The van der Waals surface area contributed by atoms with Gasteiger partial charge in [0.05, 0.1) is 0 Å². The highest BCUT2D eigenvalue weighted by Crippen LogP contribution is 2.31. The molecule has 9 heavy (non-hydrogen) atoms. The molecule has 0 heterocycles. The predicted molar refractivity (Wildman–Crippen MR) is 37.9 cm³/mol. The van der Waals surface area contributed by atoms with Gasteiger partial charge in [0.15, 0.2) is 0 Å². The molecule has 2 rings (SSSR count). The lowest BCUT2D eigenvalue weighted by molar-refractivity contribution is 0.679. The van der Waals surface area contributed by atoms with Crippen molar-refractivity contribution in [1.82, 2.24) is 0 Å². The third kappa shape index (κ3) is 0.827. The molecule has 0 bridgehead atoms. The molecular formula is C9H11. The Bertz CT molecular complexity index is 172. The Morgan fingerprint density at radius 1 is 1.22 bits per heavy atom. The Hall–Kier alpha value is -0.520. The second kappa shape index (κ2) is 2.02. The summed E-state index contributed by atoms with van der Waals surface area (Å²) in [6.07, 6.45) is 12.1. The first kappa shape index (κ1) is 5.28. The summed E-state index contributed by atoms with van der Waals surface area (Å²) in [5.41, 5.74) is 3.20. The first-order valence-electron chi connectivity index (χ1n) is 3.76. The summed E-state index contributed by atoms with van der Waals surface area (Å²) in [6, 6.07) is 0. The van der Waals surface area contributed by atoms with E-state index in [9.17, 15) is 0 Å². The highest BCUT2D eigenvalue weighted by atomic mass is 14.2. The predicted octanol–water partition coefficient (Wildman–Crippen LogP) is 2.62. The van der Waals surface area contributed by atoms with Gasteiger partial charge in [-0.3, -0.25) is 0 Å². The van der Waals surface area contributed by atoms with Crippen LogP contribution in [0.15, 0.2) is 17.2 Å². The van der Waals surface area contributed by atoms with Crippen LogP contribution in [-0.2, 0) is 0 Å². The van der Waals surface area contributed by atoms with Crippen LogP contribution in [0.2, 0.25) is 0 Å². The highest BCUT2D eigenvalue weighted by Gasteiger charge is 2.12. The van der Waals surface area contributed by atoms with Gasteiger partial charge in [-0.25, -0.2) is 0 Å². The zero-order valence-corrected chi connectivity index (χ0v) is 5.61. The SMILES string of the molecule is [C]1=CCC2=C1CCCC2. The molecule has 0 aromatic heterocycles. The van der Waals surface area contributed by atoms with Crippen molar-refractivity contribution in [2.45, 2.75) is 32.1 Å². The fraction of sp³-hybridized carbons (Fsp3) is 0.556. The topological polar surface area (TPSA) is 0 Å². The fourth-order valence-corrected chi connectivity index (χ4v) is 1.66. The lowest BCUT2D eigenvalue weighted by Gasteiger charge is -2.11. The van der Waals surface area contributed by atoms with Crippen molar-refractivity contribution in [1.29, 1.82) is 0 Å². The maximum Gasteiger partial charge on any atom is -0.0123 e. The van der Waals surface area contributed by atoms with Crippen LogP contribution in [0.25, 0.3) is 0 Å². The molecule has 2 aliphatic rings. The molecule has 0 aromatic carbocycles. The van der Waals surface area contributed by atoms with Crippen LogP contribution in [0.5, 0.6) is 0 Å². The number of rotatable bonds is 0. The van der Waals surface area contributed by atoms with Gasteiger partial charge < -0.3 is 0 Å². The summed E-state index contributed by atoms with van der Waals surface area (Å²) in [7, 11) is 0. The van der Waals surface area contributed by atoms with Gasteiger partial charge in [-0.2, -0.15) is 0 Å². The van der Waals surface area contributed by atoms with Crippen LogP contribution in [0.3, 0.4) is 0 Å². The van der Waals surface area contributed by atoms with Crippen LogP contribution in [0.1, 0.15) is 32.1 Å². The Morgan fingerprint density at radius 2 is 2.11 bits per heavy atom. The van der Waals surface area contributed by atoms with Gasteiger partial charge >= 0.3 is 0 Å². The van der Waals surface area contributed by atoms with Gasteiger partial charge in [-0.15, -0.1) is 0 Å². The first-order chi connectivity index (χ1) is 4.47. The highest BCUT2D eigenvalue weighted by molar-refractivity contribution is 5.30. The molecule has 0 nitrogen and oxygen atoms in total. The van der Waals surface area contributed by atoms with Crippen molar-refractivity contribution in [2.75, 3.05) is 0 Å². The number of allylic oxidation sites excluding steroid dienone is 4. The molecule has 1 radical (unpaired) electrons. The molecule has 2 aliphatic carbocycles. The van der Waals surface area contributed by atoms with Crippen molar-refractivity contribution in [3.05, 3.63) is 23.3 Å². The molecular weight excluding hydrogens is 108 g/mol. The molecule has 0 saturated carbocycles. The van der Waals surface area contributed by atoms with E-state index >= 15 is 0 Å². The van der Waals surface area contributed by atoms with E-state index < -0.39 is 0 Å². The third-order valence-corrected chi connectivity index (χ3v) is 2.21. The minimum absolute atomic E-state index is 1.20.